The van der Waals surface area contributed by atoms with Crippen molar-refractivity contribution in [2.24, 2.45) is 0 Å². The summed E-state index contributed by atoms with van der Waals surface area (Å²) in [4.78, 5) is 4.28. The minimum atomic E-state index is 0.195. The summed E-state index contributed by atoms with van der Waals surface area (Å²) in [6.45, 7) is 2.09. The Morgan fingerprint density at radius 2 is 1.88 bits per heavy atom. The van der Waals surface area contributed by atoms with Crippen molar-refractivity contribution in [2.75, 3.05) is 5.32 Å². The molecule has 0 bridgehead atoms. The molecule has 2 aromatic rings. The van der Waals surface area contributed by atoms with Crippen LogP contribution in [0.1, 0.15) is 18.5 Å². The number of rotatable bonds is 3. The van der Waals surface area contributed by atoms with E-state index in [-0.39, 0.29) is 6.04 Å². The monoisotopic (exact) mass is 310 g/mol. The van der Waals surface area contributed by atoms with Gasteiger partial charge in [-0.1, -0.05) is 23.7 Å². The molecular weight excluding hydrogens is 300 g/mol. The smallest absolute Gasteiger partial charge is 0.126 e. The van der Waals surface area contributed by atoms with Crippen molar-refractivity contribution in [3.8, 4) is 0 Å². The molecule has 1 heterocycles. The van der Waals surface area contributed by atoms with Gasteiger partial charge in [0, 0.05) is 21.7 Å². The molecule has 0 fully saturated rings. The van der Waals surface area contributed by atoms with Gasteiger partial charge in [0.1, 0.15) is 5.82 Å². The van der Waals surface area contributed by atoms with Crippen LogP contribution < -0.4 is 5.32 Å². The van der Waals surface area contributed by atoms with E-state index in [2.05, 4.69) is 33.2 Å². The summed E-state index contributed by atoms with van der Waals surface area (Å²) in [5.74, 6) is 0.857. The molecule has 2 rings (SSSR count). The fourth-order valence-corrected chi connectivity index (χ4v) is 1.88. The zero-order valence-electron chi connectivity index (χ0n) is 9.32. The first-order chi connectivity index (χ1) is 8.15. The average molecular weight is 312 g/mol. The second-order valence-electron chi connectivity index (χ2n) is 3.78. The quantitative estimate of drug-likeness (QED) is 0.891. The number of benzene rings is 1. The average Bonchev–Trinajstić information content (AvgIpc) is 2.33. The lowest BCUT2D eigenvalue weighted by Gasteiger charge is -2.14. The molecular formula is C13H12BrClN2. The number of hydrogen-bond donors (Lipinski definition) is 1. The van der Waals surface area contributed by atoms with Gasteiger partial charge < -0.3 is 5.32 Å². The number of pyridine rings is 1. The summed E-state index contributed by atoms with van der Waals surface area (Å²) in [5.41, 5.74) is 1.18. The van der Waals surface area contributed by atoms with Crippen LogP contribution in [-0.4, -0.2) is 4.98 Å². The molecule has 1 aromatic carbocycles. The van der Waals surface area contributed by atoms with Crippen molar-refractivity contribution in [3.05, 3.63) is 57.7 Å². The van der Waals surface area contributed by atoms with E-state index in [1.165, 1.54) is 5.56 Å². The summed E-state index contributed by atoms with van der Waals surface area (Å²) >= 11 is 9.22. The number of halogens is 2. The van der Waals surface area contributed by atoms with Gasteiger partial charge in [-0.05, 0) is 52.7 Å². The summed E-state index contributed by atoms with van der Waals surface area (Å²) < 4.78 is 0.974. The Kier molecular flexibility index (Phi) is 4.02. The van der Waals surface area contributed by atoms with E-state index in [0.29, 0.717) is 0 Å². The van der Waals surface area contributed by atoms with Crippen LogP contribution in [0.2, 0.25) is 5.02 Å². The summed E-state index contributed by atoms with van der Waals surface area (Å²) in [6.07, 6.45) is 1.77. The second kappa shape index (κ2) is 5.52. The SMILES string of the molecule is CC(Nc1ccc(Br)cn1)c1ccc(Cl)cc1. The summed E-state index contributed by atoms with van der Waals surface area (Å²) in [5, 5.41) is 4.08. The Labute approximate surface area is 114 Å². The third-order valence-electron chi connectivity index (χ3n) is 2.46. The van der Waals surface area contributed by atoms with Gasteiger partial charge in [0.25, 0.3) is 0 Å². The largest absolute Gasteiger partial charge is 0.364 e. The second-order valence-corrected chi connectivity index (χ2v) is 5.13. The molecule has 17 heavy (non-hydrogen) atoms. The third-order valence-corrected chi connectivity index (χ3v) is 3.18. The lowest BCUT2D eigenvalue weighted by Crippen LogP contribution is -2.07. The fourth-order valence-electron chi connectivity index (χ4n) is 1.52. The topological polar surface area (TPSA) is 24.9 Å². The Morgan fingerprint density at radius 3 is 2.47 bits per heavy atom. The van der Waals surface area contributed by atoms with Crippen LogP contribution in [0.15, 0.2) is 47.1 Å². The molecule has 0 radical (unpaired) electrons. The number of anilines is 1. The van der Waals surface area contributed by atoms with E-state index in [1.807, 2.05) is 36.4 Å². The van der Waals surface area contributed by atoms with Crippen LogP contribution in [0.3, 0.4) is 0 Å². The van der Waals surface area contributed by atoms with Gasteiger partial charge >= 0.3 is 0 Å². The summed E-state index contributed by atoms with van der Waals surface area (Å²) in [6, 6.07) is 11.9. The van der Waals surface area contributed by atoms with Gasteiger partial charge in [-0.3, -0.25) is 0 Å². The number of hydrogen-bond acceptors (Lipinski definition) is 2. The van der Waals surface area contributed by atoms with Gasteiger partial charge in [0.05, 0.1) is 0 Å². The van der Waals surface area contributed by atoms with Crippen LogP contribution in [0.25, 0.3) is 0 Å². The van der Waals surface area contributed by atoms with Crippen LogP contribution in [-0.2, 0) is 0 Å². The lowest BCUT2D eigenvalue weighted by atomic mass is 10.1. The molecule has 4 heteroatoms. The van der Waals surface area contributed by atoms with Gasteiger partial charge in [0.2, 0.25) is 0 Å². The normalized spacial score (nSPS) is 12.2. The molecule has 0 aliphatic carbocycles. The maximum Gasteiger partial charge on any atom is 0.126 e. The van der Waals surface area contributed by atoms with Gasteiger partial charge in [-0.2, -0.15) is 0 Å². The first-order valence-electron chi connectivity index (χ1n) is 5.29. The van der Waals surface area contributed by atoms with E-state index >= 15 is 0 Å². The standard InChI is InChI=1S/C13H12BrClN2/c1-9(10-2-5-12(15)6-3-10)17-13-7-4-11(14)8-16-13/h2-9H,1H3,(H,16,17). The molecule has 0 saturated heterocycles. The molecule has 0 saturated carbocycles. The molecule has 0 aliphatic heterocycles. The first-order valence-corrected chi connectivity index (χ1v) is 6.46. The molecule has 1 atom stereocenters. The maximum absolute atomic E-state index is 5.86. The Morgan fingerprint density at radius 1 is 1.18 bits per heavy atom. The van der Waals surface area contributed by atoms with Crippen molar-refractivity contribution in [1.29, 1.82) is 0 Å². The van der Waals surface area contributed by atoms with Crippen molar-refractivity contribution in [1.82, 2.24) is 4.98 Å². The van der Waals surface area contributed by atoms with Crippen LogP contribution in [0.5, 0.6) is 0 Å². The molecule has 0 amide bonds. The van der Waals surface area contributed by atoms with Crippen molar-refractivity contribution >= 4 is 33.3 Å². The number of nitrogens with zero attached hydrogens (tertiary/aromatic N) is 1. The zero-order chi connectivity index (χ0) is 12.3. The molecule has 0 spiro atoms. The lowest BCUT2D eigenvalue weighted by molar-refractivity contribution is 0.874. The fraction of sp³-hybridized carbons (Fsp3) is 0.154. The zero-order valence-corrected chi connectivity index (χ0v) is 11.7. The Balaban J connectivity index is 2.08. The predicted molar refractivity (Wildman–Crippen MR) is 75.4 cm³/mol. The van der Waals surface area contributed by atoms with E-state index < -0.39 is 0 Å². The molecule has 1 N–H and O–H groups in total. The minimum Gasteiger partial charge on any atom is -0.364 e. The van der Waals surface area contributed by atoms with Gasteiger partial charge in [-0.15, -0.1) is 0 Å². The molecule has 0 aliphatic rings. The minimum absolute atomic E-state index is 0.195. The Bertz CT molecular complexity index is 482. The first kappa shape index (κ1) is 12.4. The molecule has 1 unspecified atom stereocenters. The van der Waals surface area contributed by atoms with E-state index in [4.69, 9.17) is 11.6 Å². The predicted octanol–water partition coefficient (Wildman–Crippen LogP) is 4.67. The molecule has 2 nitrogen and oxygen atoms in total. The highest BCUT2D eigenvalue weighted by molar-refractivity contribution is 9.10. The van der Waals surface area contributed by atoms with Crippen molar-refractivity contribution in [2.45, 2.75) is 13.0 Å². The third kappa shape index (κ3) is 3.45. The highest BCUT2D eigenvalue weighted by Gasteiger charge is 2.05. The number of aromatic nitrogens is 1. The number of nitrogens with one attached hydrogen (secondary N) is 1. The van der Waals surface area contributed by atoms with Crippen molar-refractivity contribution in [3.63, 3.8) is 0 Å². The van der Waals surface area contributed by atoms with Crippen LogP contribution in [0.4, 0.5) is 5.82 Å². The highest BCUT2D eigenvalue weighted by atomic mass is 79.9. The van der Waals surface area contributed by atoms with E-state index in [0.717, 1.165) is 15.3 Å². The van der Waals surface area contributed by atoms with E-state index in [1.54, 1.807) is 6.20 Å². The maximum atomic E-state index is 5.86. The van der Waals surface area contributed by atoms with E-state index in [9.17, 15) is 0 Å². The van der Waals surface area contributed by atoms with Gasteiger partial charge in [0.15, 0.2) is 0 Å². The Hall–Kier alpha value is -1.06. The molecule has 88 valence electrons. The highest BCUT2D eigenvalue weighted by Crippen LogP contribution is 2.20. The van der Waals surface area contributed by atoms with Crippen molar-refractivity contribution < 1.29 is 0 Å². The molecule has 1 aromatic heterocycles. The van der Waals surface area contributed by atoms with Gasteiger partial charge in [-0.25, -0.2) is 4.98 Å². The summed E-state index contributed by atoms with van der Waals surface area (Å²) in [7, 11) is 0. The van der Waals surface area contributed by atoms with Crippen LogP contribution in [0, 0.1) is 0 Å². The van der Waals surface area contributed by atoms with Crippen LogP contribution >= 0.6 is 27.5 Å².